The van der Waals surface area contributed by atoms with E-state index in [1.165, 1.54) is 6.42 Å². The van der Waals surface area contributed by atoms with Crippen molar-refractivity contribution in [3.8, 4) is 0 Å². The molecule has 1 saturated heterocycles. The lowest BCUT2D eigenvalue weighted by Gasteiger charge is -2.38. The molecule has 0 saturated carbocycles. The number of rotatable bonds is 2. The Morgan fingerprint density at radius 1 is 1.35 bits per heavy atom. The molecule has 1 aromatic carbocycles. The van der Waals surface area contributed by atoms with E-state index in [4.69, 9.17) is 0 Å². The maximum absolute atomic E-state index is 12.4. The number of carbonyl (C=O) groups excluding carboxylic acids is 1. The highest BCUT2D eigenvalue weighted by atomic mass is 16.2. The van der Waals surface area contributed by atoms with Crippen LogP contribution in [0.3, 0.4) is 0 Å². The largest absolute Gasteiger partial charge is 0.284 e. The summed E-state index contributed by atoms with van der Waals surface area (Å²) in [6, 6.07) is 6.37. The van der Waals surface area contributed by atoms with Crippen LogP contribution in [0.15, 0.2) is 24.4 Å². The lowest BCUT2D eigenvalue weighted by molar-refractivity contribution is 0.0370. The fourth-order valence-corrected chi connectivity index (χ4v) is 2.90. The molecule has 2 N–H and O–H groups in total. The van der Waals surface area contributed by atoms with Crippen LogP contribution in [0.5, 0.6) is 0 Å². The van der Waals surface area contributed by atoms with Crippen molar-refractivity contribution in [2.24, 2.45) is 0 Å². The molecule has 1 aliphatic heterocycles. The number of H-pyrrole nitrogens is 1. The van der Waals surface area contributed by atoms with Crippen molar-refractivity contribution in [2.45, 2.75) is 45.2 Å². The number of piperidine rings is 1. The number of hydrogen-bond donors (Lipinski definition) is 2. The summed E-state index contributed by atoms with van der Waals surface area (Å²) in [5.74, 6) is -0.0536. The molecule has 0 aliphatic carbocycles. The molecular formula is C15H20N4O. The van der Waals surface area contributed by atoms with Gasteiger partial charge in [0, 0.05) is 23.0 Å². The SMILES string of the molecule is CC1CCCC(C)N1NC(=O)c1ccc2cn[nH]c2c1. The summed E-state index contributed by atoms with van der Waals surface area (Å²) < 4.78 is 0. The quantitative estimate of drug-likeness (QED) is 0.883. The van der Waals surface area contributed by atoms with Crippen LogP contribution in [0, 0.1) is 0 Å². The molecular weight excluding hydrogens is 252 g/mol. The van der Waals surface area contributed by atoms with Crippen LogP contribution >= 0.6 is 0 Å². The number of amides is 1. The summed E-state index contributed by atoms with van der Waals surface area (Å²) in [5, 5.41) is 9.97. The normalized spacial score (nSPS) is 23.9. The molecule has 1 aromatic heterocycles. The Hall–Kier alpha value is -1.88. The standard InChI is InChI=1S/C15H20N4O/c1-10-4-3-5-11(2)19(10)18-15(20)12-6-7-13-9-16-17-14(13)8-12/h6-11H,3-5H2,1-2H3,(H,16,17)(H,18,20). The summed E-state index contributed by atoms with van der Waals surface area (Å²) in [6.07, 6.45) is 5.25. The molecule has 1 amide bonds. The summed E-state index contributed by atoms with van der Waals surface area (Å²) in [5.41, 5.74) is 4.60. The highest BCUT2D eigenvalue weighted by Crippen LogP contribution is 2.21. The van der Waals surface area contributed by atoms with E-state index in [-0.39, 0.29) is 5.91 Å². The zero-order valence-electron chi connectivity index (χ0n) is 11.9. The minimum absolute atomic E-state index is 0.0536. The molecule has 2 unspecified atom stereocenters. The van der Waals surface area contributed by atoms with Crippen molar-refractivity contribution in [2.75, 3.05) is 0 Å². The Morgan fingerprint density at radius 3 is 2.85 bits per heavy atom. The van der Waals surface area contributed by atoms with Crippen LogP contribution in [0.25, 0.3) is 10.9 Å². The highest BCUT2D eigenvalue weighted by Gasteiger charge is 2.26. The average molecular weight is 272 g/mol. The topological polar surface area (TPSA) is 61.0 Å². The van der Waals surface area contributed by atoms with Crippen LogP contribution in [0.2, 0.25) is 0 Å². The Kier molecular flexibility index (Phi) is 3.44. The van der Waals surface area contributed by atoms with Gasteiger partial charge in [0.15, 0.2) is 0 Å². The first-order valence-corrected chi connectivity index (χ1v) is 7.17. The first-order valence-electron chi connectivity index (χ1n) is 7.17. The third-order valence-corrected chi connectivity index (χ3v) is 4.13. The second kappa shape index (κ2) is 5.25. The van der Waals surface area contributed by atoms with E-state index in [0.29, 0.717) is 17.6 Å². The number of nitrogens with zero attached hydrogens (tertiary/aromatic N) is 2. The Bertz CT molecular complexity index is 611. The number of aromatic amines is 1. The smallest absolute Gasteiger partial charge is 0.265 e. The zero-order chi connectivity index (χ0) is 14.1. The lowest BCUT2D eigenvalue weighted by atomic mass is 10.00. The third kappa shape index (κ3) is 2.41. The second-order valence-corrected chi connectivity index (χ2v) is 5.65. The van der Waals surface area contributed by atoms with Crippen molar-refractivity contribution in [3.63, 3.8) is 0 Å². The predicted molar refractivity (Wildman–Crippen MR) is 78.2 cm³/mol. The van der Waals surface area contributed by atoms with Crippen molar-refractivity contribution < 1.29 is 4.79 Å². The number of hydrogen-bond acceptors (Lipinski definition) is 3. The maximum Gasteiger partial charge on any atom is 0.265 e. The fraction of sp³-hybridized carbons (Fsp3) is 0.467. The van der Waals surface area contributed by atoms with Gasteiger partial charge in [-0.15, -0.1) is 0 Å². The van der Waals surface area contributed by atoms with Gasteiger partial charge in [-0.05, 0) is 38.8 Å². The fourth-order valence-electron chi connectivity index (χ4n) is 2.90. The van der Waals surface area contributed by atoms with E-state index in [0.717, 1.165) is 23.7 Å². The Balaban J connectivity index is 1.77. The second-order valence-electron chi connectivity index (χ2n) is 5.65. The molecule has 20 heavy (non-hydrogen) atoms. The van der Waals surface area contributed by atoms with Gasteiger partial charge in [0.2, 0.25) is 0 Å². The molecule has 2 atom stereocenters. The van der Waals surface area contributed by atoms with Gasteiger partial charge in [-0.3, -0.25) is 15.3 Å². The van der Waals surface area contributed by atoms with Crippen LogP contribution in [0.4, 0.5) is 0 Å². The number of carbonyl (C=O) groups is 1. The molecule has 106 valence electrons. The van der Waals surface area contributed by atoms with Gasteiger partial charge in [0.1, 0.15) is 0 Å². The number of aromatic nitrogens is 2. The van der Waals surface area contributed by atoms with Crippen LogP contribution in [-0.4, -0.2) is 33.2 Å². The number of fused-ring (bicyclic) bond motifs is 1. The van der Waals surface area contributed by atoms with Gasteiger partial charge in [-0.1, -0.05) is 12.5 Å². The minimum atomic E-state index is -0.0536. The molecule has 1 fully saturated rings. The Morgan fingerprint density at radius 2 is 2.10 bits per heavy atom. The van der Waals surface area contributed by atoms with Crippen molar-refractivity contribution in [1.82, 2.24) is 20.6 Å². The van der Waals surface area contributed by atoms with Gasteiger partial charge in [0.05, 0.1) is 11.7 Å². The van der Waals surface area contributed by atoms with E-state index < -0.39 is 0 Å². The van der Waals surface area contributed by atoms with Gasteiger partial charge in [-0.2, -0.15) is 5.10 Å². The first kappa shape index (κ1) is 13.1. The number of nitrogens with one attached hydrogen (secondary N) is 2. The van der Waals surface area contributed by atoms with E-state index in [9.17, 15) is 4.79 Å². The van der Waals surface area contributed by atoms with Crippen molar-refractivity contribution in [3.05, 3.63) is 30.0 Å². The van der Waals surface area contributed by atoms with E-state index >= 15 is 0 Å². The monoisotopic (exact) mass is 272 g/mol. The molecule has 1 aliphatic rings. The Labute approximate surface area is 118 Å². The number of benzene rings is 1. The molecule has 5 heteroatoms. The van der Waals surface area contributed by atoms with Crippen LogP contribution in [-0.2, 0) is 0 Å². The summed E-state index contributed by atoms with van der Waals surface area (Å²) in [6.45, 7) is 4.32. The average Bonchev–Trinajstić information content (AvgIpc) is 2.90. The van der Waals surface area contributed by atoms with E-state index in [2.05, 4.69) is 34.5 Å². The minimum Gasteiger partial charge on any atom is -0.284 e. The van der Waals surface area contributed by atoms with Crippen LogP contribution in [0.1, 0.15) is 43.5 Å². The molecule has 0 spiro atoms. The predicted octanol–water partition coefficient (Wildman–Crippen LogP) is 2.47. The molecule has 3 rings (SSSR count). The molecule has 0 bridgehead atoms. The van der Waals surface area contributed by atoms with Gasteiger partial charge >= 0.3 is 0 Å². The summed E-state index contributed by atoms with van der Waals surface area (Å²) >= 11 is 0. The van der Waals surface area contributed by atoms with Gasteiger partial charge in [-0.25, -0.2) is 5.01 Å². The van der Waals surface area contributed by atoms with Gasteiger partial charge < -0.3 is 0 Å². The van der Waals surface area contributed by atoms with E-state index in [1.54, 1.807) is 6.20 Å². The summed E-state index contributed by atoms with van der Waals surface area (Å²) in [4.78, 5) is 12.4. The maximum atomic E-state index is 12.4. The molecule has 2 aromatic rings. The first-order chi connectivity index (χ1) is 9.65. The highest BCUT2D eigenvalue weighted by molar-refractivity contribution is 5.97. The molecule has 0 radical (unpaired) electrons. The zero-order valence-corrected chi connectivity index (χ0v) is 11.9. The van der Waals surface area contributed by atoms with Crippen molar-refractivity contribution in [1.29, 1.82) is 0 Å². The van der Waals surface area contributed by atoms with Crippen molar-refractivity contribution >= 4 is 16.8 Å². The van der Waals surface area contributed by atoms with Gasteiger partial charge in [0.25, 0.3) is 5.91 Å². The van der Waals surface area contributed by atoms with E-state index in [1.807, 2.05) is 18.2 Å². The lowest BCUT2D eigenvalue weighted by Crippen LogP contribution is -2.54. The van der Waals surface area contributed by atoms with Crippen LogP contribution < -0.4 is 5.43 Å². The molecule has 5 nitrogen and oxygen atoms in total. The summed E-state index contributed by atoms with van der Waals surface area (Å²) in [7, 11) is 0. The number of hydrazine groups is 1. The molecule has 2 heterocycles. The third-order valence-electron chi connectivity index (χ3n) is 4.13.